The first-order valence-electron chi connectivity index (χ1n) is 48.4. The van der Waals surface area contributed by atoms with Crippen LogP contribution in [0.5, 0.6) is 34.5 Å². The van der Waals surface area contributed by atoms with Crippen molar-refractivity contribution in [1.29, 1.82) is 0 Å². The SMILES string of the molecule is CCOC(=O)COc1c2cc(C(C)(C)CC(C)(C)C)cc1Cc1cc(C(C)(C)CC(C)(C)C)cc(c1OCC(=O)OCC)Cc1cc(C(C)(C)CC(C)(C)C)cc(c1OCC(=O)OCC)Cc1cc(C(C)(C)CC(C)(C)C)cc(c1OCC(=O)OCC)Cc1cc(C(C)(C)CC(C)(C)C)cc(c1OCC(=O)OCC)Cc1cc(C(C)(C)CC(C)(C)C)cc(c1OCC(=O)OCC)C2. The van der Waals surface area contributed by atoms with Crippen molar-refractivity contribution >= 4 is 35.8 Å². The summed E-state index contributed by atoms with van der Waals surface area (Å²) in [5, 5.41) is 0. The summed E-state index contributed by atoms with van der Waals surface area (Å²) in [6, 6.07) is 26.5. The van der Waals surface area contributed by atoms with E-state index in [-0.39, 0.29) is 111 Å². The molecule has 12 bridgehead atoms. The molecule has 0 aliphatic heterocycles. The van der Waals surface area contributed by atoms with Crippen LogP contribution in [0.4, 0.5) is 0 Å². The Morgan fingerprint density at radius 3 is 0.371 bits per heavy atom. The Hall–Kier alpha value is -9.06. The van der Waals surface area contributed by atoms with Crippen molar-refractivity contribution < 1.29 is 85.6 Å². The fourth-order valence-electron chi connectivity index (χ4n) is 21.4. The lowest BCUT2D eigenvalue weighted by atomic mass is 9.70. The van der Waals surface area contributed by atoms with E-state index in [2.05, 4.69) is 281 Å². The molecule has 6 aromatic carbocycles. The Labute approximate surface area is 795 Å². The summed E-state index contributed by atoms with van der Waals surface area (Å²) in [6.07, 6.45) is 5.06. The summed E-state index contributed by atoms with van der Waals surface area (Å²) in [6.45, 7) is 76.0. The van der Waals surface area contributed by atoms with Gasteiger partial charge in [0.05, 0.1) is 39.6 Å². The minimum atomic E-state index is -0.580. The Morgan fingerprint density at radius 1 is 0.189 bits per heavy atom. The van der Waals surface area contributed by atoms with Crippen molar-refractivity contribution in [2.75, 3.05) is 79.3 Å². The molecule has 0 amide bonds. The molecule has 132 heavy (non-hydrogen) atoms. The largest absolute Gasteiger partial charge is 0.481 e. The first-order chi connectivity index (χ1) is 60.7. The Morgan fingerprint density at radius 2 is 0.288 bits per heavy atom. The molecule has 0 radical (unpaired) electrons. The van der Waals surface area contributed by atoms with Gasteiger partial charge in [-0.1, -0.05) is 281 Å². The third-order valence-electron chi connectivity index (χ3n) is 24.1. The Balaban J connectivity index is 1.99. The quantitative estimate of drug-likeness (QED) is 0.0264. The average Bonchev–Trinajstić information content (AvgIpc) is 0.756. The topological polar surface area (TPSA) is 213 Å². The molecule has 18 heteroatoms. The van der Waals surface area contributed by atoms with E-state index in [1.165, 1.54) is 0 Å². The molecule has 0 fully saturated rings. The van der Waals surface area contributed by atoms with Gasteiger partial charge in [-0.3, -0.25) is 0 Å². The minimum absolute atomic E-state index is 0.0996. The van der Waals surface area contributed by atoms with Gasteiger partial charge in [-0.25, -0.2) is 28.8 Å². The maximum absolute atomic E-state index is 14.4. The van der Waals surface area contributed by atoms with Gasteiger partial charge in [0.2, 0.25) is 0 Å². The van der Waals surface area contributed by atoms with E-state index < -0.39 is 108 Å². The molecule has 0 saturated heterocycles. The van der Waals surface area contributed by atoms with Gasteiger partial charge < -0.3 is 56.8 Å². The van der Waals surface area contributed by atoms with Gasteiger partial charge in [0.15, 0.2) is 39.6 Å². The molecule has 0 N–H and O–H groups in total. The number of hydrogen-bond acceptors (Lipinski definition) is 18. The van der Waals surface area contributed by atoms with Crippen LogP contribution in [0.2, 0.25) is 0 Å². The number of esters is 6. The van der Waals surface area contributed by atoms with E-state index in [4.69, 9.17) is 56.8 Å². The zero-order valence-electron chi connectivity index (χ0n) is 88.2. The molecule has 1 aliphatic rings. The molecule has 732 valence electrons. The third-order valence-corrected chi connectivity index (χ3v) is 24.1. The molecule has 0 aromatic heterocycles. The van der Waals surface area contributed by atoms with Gasteiger partial charge >= 0.3 is 35.8 Å². The number of carbonyl (C=O) groups is 6. The van der Waals surface area contributed by atoms with Crippen molar-refractivity contribution in [3.63, 3.8) is 0 Å². The highest BCUT2D eigenvalue weighted by Gasteiger charge is 2.40. The normalized spacial score (nSPS) is 13.5. The number of hydrogen-bond donors (Lipinski definition) is 0. The van der Waals surface area contributed by atoms with Gasteiger partial charge in [-0.05, 0) is 245 Å². The van der Waals surface area contributed by atoms with Crippen LogP contribution < -0.4 is 28.4 Å². The molecule has 18 nitrogen and oxygen atoms in total. The molecule has 0 atom stereocenters. The second-order valence-electron chi connectivity index (χ2n) is 48.1. The lowest BCUT2D eigenvalue weighted by Crippen LogP contribution is -2.27. The number of ether oxygens (including phenoxy) is 12. The van der Waals surface area contributed by atoms with E-state index in [1.54, 1.807) is 41.5 Å². The van der Waals surface area contributed by atoms with Crippen molar-refractivity contribution in [2.24, 2.45) is 32.5 Å². The smallest absolute Gasteiger partial charge is 0.344 e. The summed E-state index contributed by atoms with van der Waals surface area (Å²) in [4.78, 5) is 86.4. The lowest BCUT2D eigenvalue weighted by Gasteiger charge is -2.35. The number of fused-ring (bicyclic) bond motifs is 12. The molecule has 0 unspecified atom stereocenters. The molecule has 7 rings (SSSR count). The van der Waals surface area contributed by atoms with Crippen LogP contribution in [0.1, 0.15) is 388 Å². The second-order valence-corrected chi connectivity index (χ2v) is 48.1. The number of rotatable bonds is 36. The first kappa shape index (κ1) is 110. The molecule has 0 spiro atoms. The third kappa shape index (κ3) is 32.6. The molecular formula is C114H168O18. The highest BCUT2D eigenvalue weighted by Crippen LogP contribution is 2.52. The zero-order chi connectivity index (χ0) is 99.3. The Kier molecular flexibility index (Phi) is 36.8. The lowest BCUT2D eigenvalue weighted by molar-refractivity contribution is -0.146. The van der Waals surface area contributed by atoms with E-state index in [0.717, 1.165) is 71.9 Å². The van der Waals surface area contributed by atoms with Crippen molar-refractivity contribution in [3.05, 3.63) is 173 Å². The van der Waals surface area contributed by atoms with Gasteiger partial charge in [-0.15, -0.1) is 0 Å². The minimum Gasteiger partial charge on any atom is -0.481 e. The highest BCUT2D eigenvalue weighted by molar-refractivity contribution is 5.75. The summed E-state index contributed by atoms with van der Waals surface area (Å²) in [5.74, 6) is -1.05. The van der Waals surface area contributed by atoms with E-state index in [9.17, 15) is 28.8 Å². The van der Waals surface area contributed by atoms with E-state index in [1.807, 2.05) is 0 Å². The summed E-state index contributed by atoms with van der Waals surface area (Å²) in [7, 11) is 0. The monoisotopic (exact) mass is 1830 g/mol. The fraction of sp³-hybridized carbons (Fsp3) is 0.632. The van der Waals surface area contributed by atoms with E-state index >= 15 is 0 Å². The van der Waals surface area contributed by atoms with Gasteiger partial charge in [-0.2, -0.15) is 0 Å². The van der Waals surface area contributed by atoms with Crippen molar-refractivity contribution in [1.82, 2.24) is 0 Å². The van der Waals surface area contributed by atoms with Gasteiger partial charge in [0.25, 0.3) is 0 Å². The molecule has 6 aromatic rings. The predicted molar refractivity (Wildman–Crippen MR) is 531 cm³/mol. The Bertz CT molecular complexity index is 4050. The highest BCUT2D eigenvalue weighted by atomic mass is 16.6. The van der Waals surface area contributed by atoms with Crippen LogP contribution in [0.15, 0.2) is 72.8 Å². The molecule has 0 heterocycles. The average molecular weight is 1830 g/mol. The second kappa shape index (κ2) is 44.2. The zero-order valence-corrected chi connectivity index (χ0v) is 88.2. The summed E-state index contributed by atoms with van der Waals surface area (Å²) in [5.41, 5.74) is 9.77. The maximum Gasteiger partial charge on any atom is 0.344 e. The van der Waals surface area contributed by atoms with Gasteiger partial charge in [0, 0.05) is 38.5 Å². The van der Waals surface area contributed by atoms with Crippen LogP contribution in [-0.2, 0) is 128 Å². The maximum atomic E-state index is 14.4. The van der Waals surface area contributed by atoms with Crippen LogP contribution >= 0.6 is 0 Å². The molecule has 1 aliphatic carbocycles. The predicted octanol–water partition coefficient (Wildman–Crippen LogP) is 25.5. The van der Waals surface area contributed by atoms with Crippen LogP contribution in [0.3, 0.4) is 0 Å². The number of benzene rings is 6. The standard InChI is InChI=1S/C114H168O18/c1-37-121-91(115)61-127-97-73-43-75-51-86(110(27,28)68-104(10,11)12)53-77(98(75)128-62-92(116)122-38-2)45-79-55-88(112(31,32)70-106(16,17)18)57-81(100(79)130-64-94(118)124-40-4)47-83-59-90(114(35,36)72-108(22,23)24)60-84(102(83)132-66-96(120)126-42-6)48-82-58-89(113(33,34)71-107(19,20)21)56-80(101(82)131-65-95(119)125-41-5)46-78-54-87(111(29,30)69-105(13,14)15)52-76(99(78)129-63-93(117)123-39-3)44-74(97)50-85(49-73)109(25,26)67-103(7,8)9/h49-60H,37-48,61-72H2,1-36H3. The summed E-state index contributed by atoms with van der Waals surface area (Å²) >= 11 is 0. The fourth-order valence-corrected chi connectivity index (χ4v) is 21.4. The van der Waals surface area contributed by atoms with Crippen molar-refractivity contribution in [2.45, 2.75) is 359 Å². The van der Waals surface area contributed by atoms with E-state index in [0.29, 0.717) is 101 Å². The molecule has 0 saturated carbocycles. The summed E-state index contributed by atoms with van der Waals surface area (Å²) < 4.78 is 78.2. The van der Waals surface area contributed by atoms with Crippen LogP contribution in [0, 0.1) is 32.5 Å². The van der Waals surface area contributed by atoms with Crippen molar-refractivity contribution in [3.8, 4) is 34.5 Å². The number of carbonyl (C=O) groups excluding carboxylic acids is 6. The van der Waals surface area contributed by atoms with Gasteiger partial charge in [0.1, 0.15) is 34.5 Å². The van der Waals surface area contributed by atoms with Crippen LogP contribution in [-0.4, -0.2) is 115 Å². The van der Waals surface area contributed by atoms with Crippen LogP contribution in [0.25, 0.3) is 0 Å². The molecular weight excluding hydrogens is 1660 g/mol. The first-order valence-corrected chi connectivity index (χ1v) is 48.4.